The number of halogens is 3. The number of rotatable bonds is 0. The predicted molar refractivity (Wildman–Crippen MR) is 70.5 cm³/mol. The molecule has 0 spiro atoms. The molecule has 94 valence electrons. The maximum absolute atomic E-state index is 3.46. The van der Waals surface area contributed by atoms with E-state index in [4.69, 9.17) is 0 Å². The maximum atomic E-state index is 3.46. The van der Waals surface area contributed by atoms with Gasteiger partial charge in [-0.1, -0.05) is 27.6 Å². The molecule has 0 aromatic rings. The second-order valence-corrected chi connectivity index (χ2v) is 5.21. The third kappa shape index (κ3) is 5.97. The minimum atomic E-state index is 0. The van der Waals surface area contributed by atoms with Crippen LogP contribution in [0.5, 0.6) is 0 Å². The molecule has 0 amide bonds. The molecule has 0 N–H and O–H groups in total. The minimum absolute atomic E-state index is 0. The van der Waals surface area contributed by atoms with Crippen molar-refractivity contribution in [2.45, 2.75) is 18.6 Å². The normalized spacial score (nSPS) is 21.2. The van der Waals surface area contributed by atoms with Crippen molar-refractivity contribution < 1.29 is 51.0 Å². The fourth-order valence-corrected chi connectivity index (χ4v) is 3.24. The van der Waals surface area contributed by atoms with Gasteiger partial charge in [0.25, 0.3) is 0 Å². The van der Waals surface area contributed by atoms with E-state index in [1.165, 1.54) is 11.1 Å². The van der Waals surface area contributed by atoms with Crippen molar-refractivity contribution in [3.8, 4) is 0 Å². The standard InChI is InChI=1S/C8H6BrS.C5H5.2ClH.Zr/c1-5-2-6-7(9)4-10-8(6)3-5;1-2-4-5-3-1;;;/h2-3,8H,1H3;1-3H,4H2;2*1H;/q2*-1;;;+4/p-2. The molecule has 2 aliphatic carbocycles. The molecule has 0 fully saturated rings. The summed E-state index contributed by atoms with van der Waals surface area (Å²) >= 11 is 5.20. The fourth-order valence-electron chi connectivity index (χ4n) is 1.50. The van der Waals surface area contributed by atoms with E-state index in [9.17, 15) is 0 Å². The van der Waals surface area contributed by atoms with Crippen molar-refractivity contribution in [3.63, 3.8) is 0 Å². The molecule has 0 saturated carbocycles. The largest absolute Gasteiger partial charge is 4.00 e. The van der Waals surface area contributed by atoms with Crippen LogP contribution in [0.2, 0.25) is 0 Å². The van der Waals surface area contributed by atoms with E-state index < -0.39 is 0 Å². The Hall–Kier alpha value is 0.993. The predicted octanol–water partition coefficient (Wildman–Crippen LogP) is -1.66. The van der Waals surface area contributed by atoms with Gasteiger partial charge in [0.2, 0.25) is 0 Å². The maximum Gasteiger partial charge on any atom is 4.00 e. The van der Waals surface area contributed by atoms with E-state index in [0.29, 0.717) is 5.25 Å². The SMILES string of the molecule is CC1=CC2S[C-]=C(Br)C2=C1.[C-]1=CC=CC1.[Cl-].[Cl-].[Zr+4]. The Balaban J connectivity index is 0. The summed E-state index contributed by atoms with van der Waals surface area (Å²) in [5.41, 5.74) is 2.74. The molecule has 3 aliphatic rings. The first kappa shape index (κ1) is 21.3. The Bertz CT molecular complexity index is 401. The van der Waals surface area contributed by atoms with Crippen LogP contribution in [0.15, 0.2) is 46.0 Å². The molecule has 1 unspecified atom stereocenters. The molecular weight excluding hydrogens is 430 g/mol. The number of hydrogen-bond acceptors (Lipinski definition) is 1. The monoisotopic (exact) mass is 438 g/mol. The molecule has 3 rings (SSSR count). The van der Waals surface area contributed by atoms with Crippen LogP contribution in [0.3, 0.4) is 0 Å². The number of fused-ring (bicyclic) bond motifs is 1. The van der Waals surface area contributed by atoms with Gasteiger partial charge in [-0.25, -0.2) is 12.2 Å². The Morgan fingerprint density at radius 1 is 1.39 bits per heavy atom. The zero-order valence-electron chi connectivity index (χ0n) is 9.71. The van der Waals surface area contributed by atoms with Crippen molar-refractivity contribution >= 4 is 27.7 Å². The summed E-state index contributed by atoms with van der Waals surface area (Å²) in [6.07, 6.45) is 14.5. The molecule has 1 heterocycles. The average Bonchev–Trinajstić information content (AvgIpc) is 2.87. The Morgan fingerprint density at radius 3 is 2.56 bits per heavy atom. The molecule has 5 heteroatoms. The van der Waals surface area contributed by atoms with Gasteiger partial charge < -0.3 is 24.8 Å². The van der Waals surface area contributed by atoms with Crippen LogP contribution in [0.1, 0.15) is 13.3 Å². The molecule has 1 atom stereocenters. The summed E-state index contributed by atoms with van der Waals surface area (Å²) in [5.74, 6) is 0. The third-order valence-corrected chi connectivity index (χ3v) is 4.10. The molecule has 0 aromatic heterocycles. The summed E-state index contributed by atoms with van der Waals surface area (Å²) in [6, 6.07) is 0. The molecule has 0 aromatic carbocycles. The van der Waals surface area contributed by atoms with Crippen LogP contribution in [-0.4, -0.2) is 5.25 Å². The zero-order chi connectivity index (χ0) is 10.7. The number of thioether (sulfide) groups is 1. The van der Waals surface area contributed by atoms with E-state index >= 15 is 0 Å². The van der Waals surface area contributed by atoms with E-state index in [2.05, 4.69) is 52.6 Å². The summed E-state index contributed by atoms with van der Waals surface area (Å²) < 4.78 is 1.13. The van der Waals surface area contributed by atoms with Gasteiger partial charge in [-0.2, -0.15) is 17.1 Å². The van der Waals surface area contributed by atoms with Gasteiger partial charge in [0, 0.05) is 0 Å². The first-order chi connectivity index (χ1) is 7.27. The van der Waals surface area contributed by atoms with Gasteiger partial charge >= 0.3 is 26.2 Å². The van der Waals surface area contributed by atoms with Crippen LogP contribution in [0, 0.1) is 11.5 Å². The van der Waals surface area contributed by atoms with Gasteiger partial charge in [-0.3, -0.25) is 17.8 Å². The molecule has 0 radical (unpaired) electrons. The van der Waals surface area contributed by atoms with E-state index in [1.807, 2.05) is 12.2 Å². The summed E-state index contributed by atoms with van der Waals surface area (Å²) in [4.78, 5) is 0. The second kappa shape index (κ2) is 10.7. The molecular formula is C13H11BrCl2SZr. The molecule has 18 heavy (non-hydrogen) atoms. The van der Waals surface area contributed by atoms with Crippen molar-refractivity contribution in [1.29, 1.82) is 0 Å². The summed E-state index contributed by atoms with van der Waals surface area (Å²) in [6.45, 7) is 2.13. The molecule has 0 nitrogen and oxygen atoms in total. The first-order valence-corrected chi connectivity index (χ1v) is 6.51. The molecule has 1 aliphatic heterocycles. The van der Waals surface area contributed by atoms with E-state index in [0.717, 1.165) is 10.9 Å². The quantitative estimate of drug-likeness (QED) is 0.406. The fraction of sp³-hybridized carbons (Fsp3) is 0.231. The smallest absolute Gasteiger partial charge is 1.00 e. The van der Waals surface area contributed by atoms with Crippen LogP contribution in [0.4, 0.5) is 0 Å². The van der Waals surface area contributed by atoms with Crippen molar-refractivity contribution in [3.05, 3.63) is 57.5 Å². The Kier molecular flexibility index (Phi) is 12.7. The van der Waals surface area contributed by atoms with Gasteiger partial charge in [0.15, 0.2) is 0 Å². The zero-order valence-corrected chi connectivity index (χ0v) is 16.1. The topological polar surface area (TPSA) is 0 Å². The first-order valence-electron chi connectivity index (χ1n) is 4.83. The number of allylic oxidation sites excluding steroid dienone is 7. The van der Waals surface area contributed by atoms with Crippen LogP contribution in [-0.2, 0) is 26.2 Å². The Labute approximate surface area is 153 Å². The average molecular weight is 441 g/mol. The van der Waals surface area contributed by atoms with Crippen molar-refractivity contribution in [1.82, 2.24) is 0 Å². The van der Waals surface area contributed by atoms with Crippen LogP contribution >= 0.6 is 27.7 Å². The number of hydrogen-bond donors (Lipinski definition) is 0. The third-order valence-electron chi connectivity index (χ3n) is 2.22. The minimum Gasteiger partial charge on any atom is -1.00 e. The summed E-state index contributed by atoms with van der Waals surface area (Å²) in [5, 5.41) is 3.73. The molecule has 0 bridgehead atoms. The Morgan fingerprint density at radius 2 is 2.11 bits per heavy atom. The van der Waals surface area contributed by atoms with E-state index in [-0.39, 0.29) is 51.0 Å². The van der Waals surface area contributed by atoms with Gasteiger partial charge in [-0.05, 0) is 12.2 Å². The van der Waals surface area contributed by atoms with Gasteiger partial charge in [0.1, 0.15) is 0 Å². The van der Waals surface area contributed by atoms with Gasteiger partial charge in [0.05, 0.1) is 0 Å². The van der Waals surface area contributed by atoms with Crippen molar-refractivity contribution in [2.75, 3.05) is 0 Å². The van der Waals surface area contributed by atoms with Crippen LogP contribution in [0.25, 0.3) is 0 Å². The van der Waals surface area contributed by atoms with Crippen LogP contribution < -0.4 is 24.8 Å². The molecule has 0 saturated heterocycles. The van der Waals surface area contributed by atoms with Crippen molar-refractivity contribution in [2.24, 2.45) is 0 Å². The second-order valence-electron chi connectivity index (χ2n) is 3.47. The summed E-state index contributed by atoms with van der Waals surface area (Å²) in [7, 11) is 0. The van der Waals surface area contributed by atoms with Gasteiger partial charge in [-0.15, -0.1) is 17.0 Å². The van der Waals surface area contributed by atoms with E-state index in [1.54, 1.807) is 11.8 Å².